The fourth-order valence-electron chi connectivity index (χ4n) is 7.25. The van der Waals surface area contributed by atoms with E-state index in [2.05, 4.69) is 34.6 Å². The van der Waals surface area contributed by atoms with Crippen molar-refractivity contribution in [3.05, 3.63) is 0 Å². The molecule has 0 saturated heterocycles. The first-order chi connectivity index (χ1) is 26.8. The molecule has 0 aromatic carbocycles. The summed E-state index contributed by atoms with van der Waals surface area (Å²) in [7, 11) is 0. The Balaban J connectivity index is 4.25. The van der Waals surface area contributed by atoms with Crippen molar-refractivity contribution in [1.29, 1.82) is 0 Å². The number of unbranched alkanes of at least 4 members (excludes halogenated alkanes) is 27. The smallest absolute Gasteiger partial charge is 0.306 e. The minimum atomic E-state index is -0.760. The van der Waals surface area contributed by atoms with Crippen LogP contribution in [0, 0.1) is 11.8 Å². The zero-order chi connectivity index (χ0) is 40.5. The molecule has 6 nitrogen and oxygen atoms in total. The van der Waals surface area contributed by atoms with Gasteiger partial charge in [-0.3, -0.25) is 14.4 Å². The summed E-state index contributed by atoms with van der Waals surface area (Å²) in [5, 5.41) is 0. The van der Waals surface area contributed by atoms with Gasteiger partial charge in [-0.1, -0.05) is 227 Å². The molecule has 55 heavy (non-hydrogen) atoms. The van der Waals surface area contributed by atoms with Crippen molar-refractivity contribution < 1.29 is 28.6 Å². The van der Waals surface area contributed by atoms with Gasteiger partial charge in [-0.15, -0.1) is 0 Å². The first kappa shape index (κ1) is 53.4. The van der Waals surface area contributed by atoms with E-state index in [9.17, 15) is 14.4 Å². The molecule has 6 heteroatoms. The van der Waals surface area contributed by atoms with Crippen molar-refractivity contribution in [3.63, 3.8) is 0 Å². The zero-order valence-electron chi connectivity index (χ0n) is 37.6. The van der Waals surface area contributed by atoms with E-state index >= 15 is 0 Å². The molecule has 0 bridgehead atoms. The summed E-state index contributed by atoms with van der Waals surface area (Å²) in [6.45, 7) is 11.3. The minimum Gasteiger partial charge on any atom is -0.462 e. The average Bonchev–Trinajstić information content (AvgIpc) is 3.17. The number of rotatable bonds is 43. The summed E-state index contributed by atoms with van der Waals surface area (Å²) in [5.74, 6) is 0.799. The van der Waals surface area contributed by atoms with E-state index in [1.807, 2.05) is 0 Å². The number of hydrogen-bond acceptors (Lipinski definition) is 6. The maximum absolute atomic E-state index is 12.7. The lowest BCUT2D eigenvalue weighted by Crippen LogP contribution is -2.30. The van der Waals surface area contributed by atoms with E-state index in [4.69, 9.17) is 14.2 Å². The molecule has 0 aliphatic rings. The SMILES string of the molecule is CCCCCCCCCCCCC(=O)OC[C@@H](COC(=O)CCCCCCCCC(C)C)OC(=O)CCCCCCCCCCCCCCCCC(C)CC. The number of carbonyl (C=O) groups is 3. The Hall–Kier alpha value is -1.59. The largest absolute Gasteiger partial charge is 0.462 e. The minimum absolute atomic E-state index is 0.0651. The van der Waals surface area contributed by atoms with Gasteiger partial charge < -0.3 is 14.2 Å². The van der Waals surface area contributed by atoms with Crippen LogP contribution in [-0.2, 0) is 28.6 Å². The van der Waals surface area contributed by atoms with Crippen LogP contribution in [0.15, 0.2) is 0 Å². The predicted molar refractivity (Wildman–Crippen MR) is 233 cm³/mol. The number of carbonyl (C=O) groups excluding carboxylic acids is 3. The fourth-order valence-corrected chi connectivity index (χ4v) is 7.25. The van der Waals surface area contributed by atoms with E-state index in [0.29, 0.717) is 19.3 Å². The van der Waals surface area contributed by atoms with Crippen LogP contribution >= 0.6 is 0 Å². The second-order valence-electron chi connectivity index (χ2n) is 17.5. The monoisotopic (exact) mass is 779 g/mol. The molecule has 0 heterocycles. The summed E-state index contributed by atoms with van der Waals surface area (Å²) >= 11 is 0. The Bertz CT molecular complexity index is 841. The van der Waals surface area contributed by atoms with Gasteiger partial charge in [-0.2, -0.15) is 0 Å². The second-order valence-corrected chi connectivity index (χ2v) is 17.5. The lowest BCUT2D eigenvalue weighted by atomic mass is 9.99. The third-order valence-electron chi connectivity index (χ3n) is 11.3. The maximum atomic E-state index is 12.7. The predicted octanol–water partition coefficient (Wildman–Crippen LogP) is 15.4. The lowest BCUT2D eigenvalue weighted by molar-refractivity contribution is -0.167. The van der Waals surface area contributed by atoms with Gasteiger partial charge in [0.15, 0.2) is 6.10 Å². The van der Waals surface area contributed by atoms with Crippen molar-refractivity contribution in [2.24, 2.45) is 11.8 Å². The van der Waals surface area contributed by atoms with E-state index in [0.717, 1.165) is 69.6 Å². The third kappa shape index (κ3) is 41.9. The molecule has 0 spiro atoms. The number of esters is 3. The molecule has 2 atom stereocenters. The molecule has 0 saturated carbocycles. The highest BCUT2D eigenvalue weighted by atomic mass is 16.6. The molecule has 0 aliphatic carbocycles. The van der Waals surface area contributed by atoms with Crippen molar-refractivity contribution in [2.75, 3.05) is 13.2 Å². The molecule has 326 valence electrons. The second kappa shape index (κ2) is 42.0. The Morgan fingerprint density at radius 1 is 0.382 bits per heavy atom. The molecule has 0 aromatic heterocycles. The van der Waals surface area contributed by atoms with Crippen molar-refractivity contribution in [3.8, 4) is 0 Å². The summed E-state index contributed by atoms with van der Waals surface area (Å²) in [6, 6.07) is 0. The highest BCUT2D eigenvalue weighted by Crippen LogP contribution is 2.17. The summed E-state index contributed by atoms with van der Waals surface area (Å²) in [4.78, 5) is 37.7. The van der Waals surface area contributed by atoms with Crippen molar-refractivity contribution in [1.82, 2.24) is 0 Å². The van der Waals surface area contributed by atoms with Gasteiger partial charge in [-0.05, 0) is 31.1 Å². The van der Waals surface area contributed by atoms with Gasteiger partial charge in [0.2, 0.25) is 0 Å². The summed E-state index contributed by atoms with van der Waals surface area (Å²) in [6.07, 6.45) is 41.0. The first-order valence-electron chi connectivity index (χ1n) is 24.3. The Morgan fingerprint density at radius 3 is 1.04 bits per heavy atom. The Morgan fingerprint density at radius 2 is 0.691 bits per heavy atom. The summed E-state index contributed by atoms with van der Waals surface area (Å²) in [5.41, 5.74) is 0. The highest BCUT2D eigenvalue weighted by Gasteiger charge is 2.19. The molecule has 0 rings (SSSR count). The molecule has 0 N–H and O–H groups in total. The van der Waals surface area contributed by atoms with Crippen LogP contribution in [0.3, 0.4) is 0 Å². The van der Waals surface area contributed by atoms with Gasteiger partial charge >= 0.3 is 17.9 Å². The highest BCUT2D eigenvalue weighted by molar-refractivity contribution is 5.71. The number of ether oxygens (including phenoxy) is 3. The van der Waals surface area contributed by atoms with Crippen LogP contribution < -0.4 is 0 Å². The van der Waals surface area contributed by atoms with Gasteiger partial charge in [0.25, 0.3) is 0 Å². The number of hydrogen-bond donors (Lipinski definition) is 0. The standard InChI is InChI=1S/C49H94O6/c1-6-8-9-10-11-12-20-23-29-34-39-47(50)53-42-46(43-54-48(51)40-35-30-26-25-27-32-37-44(3)4)55-49(52)41-36-31-24-21-18-16-14-13-15-17-19-22-28-33-38-45(5)7-2/h44-46H,6-43H2,1-5H3/t45?,46-/m0/s1. The molecular formula is C49H94O6. The zero-order valence-corrected chi connectivity index (χ0v) is 37.6. The first-order valence-corrected chi connectivity index (χ1v) is 24.3. The molecule has 0 fully saturated rings. The van der Waals surface area contributed by atoms with E-state index < -0.39 is 6.10 Å². The van der Waals surface area contributed by atoms with Crippen LogP contribution in [0.2, 0.25) is 0 Å². The fraction of sp³-hybridized carbons (Fsp3) is 0.939. The van der Waals surface area contributed by atoms with E-state index in [1.54, 1.807) is 0 Å². The molecule has 1 unspecified atom stereocenters. The van der Waals surface area contributed by atoms with Crippen molar-refractivity contribution in [2.45, 2.75) is 272 Å². The van der Waals surface area contributed by atoms with E-state index in [1.165, 1.54) is 154 Å². The van der Waals surface area contributed by atoms with Gasteiger partial charge in [0.1, 0.15) is 13.2 Å². The Kier molecular flexibility index (Phi) is 40.8. The van der Waals surface area contributed by atoms with Gasteiger partial charge in [0, 0.05) is 19.3 Å². The average molecular weight is 779 g/mol. The van der Waals surface area contributed by atoms with Crippen LogP contribution in [0.5, 0.6) is 0 Å². The molecule has 0 radical (unpaired) electrons. The van der Waals surface area contributed by atoms with E-state index in [-0.39, 0.29) is 31.1 Å². The maximum Gasteiger partial charge on any atom is 0.306 e. The topological polar surface area (TPSA) is 78.9 Å². The lowest BCUT2D eigenvalue weighted by Gasteiger charge is -2.18. The summed E-state index contributed by atoms with van der Waals surface area (Å²) < 4.78 is 16.7. The normalized spacial score (nSPS) is 12.5. The van der Waals surface area contributed by atoms with Crippen LogP contribution in [0.1, 0.15) is 266 Å². The van der Waals surface area contributed by atoms with Crippen LogP contribution in [0.25, 0.3) is 0 Å². The molecule has 0 aliphatic heterocycles. The molecule has 0 amide bonds. The van der Waals surface area contributed by atoms with Crippen LogP contribution in [0.4, 0.5) is 0 Å². The third-order valence-corrected chi connectivity index (χ3v) is 11.3. The molecule has 0 aromatic rings. The Labute approximate surface area is 342 Å². The van der Waals surface area contributed by atoms with Gasteiger partial charge in [0.05, 0.1) is 0 Å². The van der Waals surface area contributed by atoms with Crippen molar-refractivity contribution >= 4 is 17.9 Å². The van der Waals surface area contributed by atoms with Crippen LogP contribution in [-0.4, -0.2) is 37.2 Å². The quantitative estimate of drug-likeness (QED) is 0.0348. The molecular weight excluding hydrogens is 685 g/mol. The van der Waals surface area contributed by atoms with Gasteiger partial charge in [-0.25, -0.2) is 0 Å².